The first-order chi connectivity index (χ1) is 22.8. The summed E-state index contributed by atoms with van der Waals surface area (Å²) in [6.07, 6.45) is 0.959. The molecule has 5 aromatic carbocycles. The van der Waals surface area contributed by atoms with Crippen molar-refractivity contribution in [3.05, 3.63) is 179 Å². The standard InChI is InChI=1S/C42H39NO3Si/c1-32(46-42(34-20-9-5-10-21-34,35-22-11-6-12-23-35)36-24-13-7-14-25-36)40-31-33-19-17-18-28-38(33)39(29-30-47(2,3)4)43(40)41(44)45-37-26-15-8-16-27-37/h5-28,31-32,39H,1-4H3/t32-,39+/m1/s1. The van der Waals surface area contributed by atoms with E-state index in [9.17, 15) is 4.79 Å². The fourth-order valence-electron chi connectivity index (χ4n) is 6.05. The molecule has 1 aliphatic heterocycles. The summed E-state index contributed by atoms with van der Waals surface area (Å²) < 4.78 is 13.4. The Morgan fingerprint density at radius 2 is 1.17 bits per heavy atom. The summed E-state index contributed by atoms with van der Waals surface area (Å²) in [5.41, 5.74) is 8.12. The molecule has 0 unspecified atom stereocenters. The van der Waals surface area contributed by atoms with Crippen LogP contribution in [0.1, 0.15) is 40.8 Å². The number of amides is 1. The van der Waals surface area contributed by atoms with E-state index in [4.69, 9.17) is 9.47 Å². The topological polar surface area (TPSA) is 38.8 Å². The lowest BCUT2D eigenvalue weighted by Gasteiger charge is -2.42. The monoisotopic (exact) mass is 633 g/mol. The van der Waals surface area contributed by atoms with Crippen molar-refractivity contribution in [3.8, 4) is 17.2 Å². The number of para-hydroxylation sites is 1. The van der Waals surface area contributed by atoms with Crippen molar-refractivity contribution in [1.82, 2.24) is 4.90 Å². The quantitative estimate of drug-likeness (QED) is 0.102. The molecule has 0 spiro atoms. The van der Waals surface area contributed by atoms with Crippen molar-refractivity contribution in [2.45, 2.75) is 44.3 Å². The minimum absolute atomic E-state index is 0.466. The van der Waals surface area contributed by atoms with Crippen LogP contribution in [0, 0.1) is 11.5 Å². The largest absolute Gasteiger partial charge is 0.420 e. The summed E-state index contributed by atoms with van der Waals surface area (Å²) in [5.74, 6) is 3.98. The Balaban J connectivity index is 1.54. The molecule has 234 valence electrons. The smallest absolute Gasteiger partial charge is 0.410 e. The highest BCUT2D eigenvalue weighted by Crippen LogP contribution is 2.44. The first-order valence-electron chi connectivity index (χ1n) is 16.0. The van der Waals surface area contributed by atoms with E-state index in [1.807, 2.05) is 104 Å². The molecule has 0 bridgehead atoms. The van der Waals surface area contributed by atoms with Gasteiger partial charge in [-0.3, -0.25) is 4.90 Å². The van der Waals surface area contributed by atoms with E-state index in [0.717, 1.165) is 27.8 Å². The van der Waals surface area contributed by atoms with Gasteiger partial charge in [0.1, 0.15) is 25.5 Å². The molecule has 1 heterocycles. The molecular formula is C42H39NO3Si. The van der Waals surface area contributed by atoms with Gasteiger partial charge in [0.2, 0.25) is 0 Å². The summed E-state index contributed by atoms with van der Waals surface area (Å²) in [6, 6.07) is 47.6. The SMILES string of the molecule is C[C@@H](OC(c1ccccc1)(c1ccccc1)c1ccccc1)C1=Cc2ccccc2[C@H](C#C[Si](C)(C)C)N1C(=O)Oc1ccccc1. The van der Waals surface area contributed by atoms with E-state index in [0.29, 0.717) is 11.4 Å². The zero-order chi connectivity index (χ0) is 32.9. The fourth-order valence-corrected chi connectivity index (χ4v) is 6.62. The van der Waals surface area contributed by atoms with E-state index in [1.165, 1.54) is 0 Å². The van der Waals surface area contributed by atoms with Gasteiger partial charge in [-0.05, 0) is 52.9 Å². The number of nitrogens with zero attached hydrogens (tertiary/aromatic N) is 1. The summed E-state index contributed by atoms with van der Waals surface area (Å²) in [4.78, 5) is 16.0. The van der Waals surface area contributed by atoms with Gasteiger partial charge in [-0.15, -0.1) is 5.54 Å². The number of benzene rings is 5. The second-order valence-corrected chi connectivity index (χ2v) is 17.5. The number of rotatable bonds is 7. The molecule has 5 aromatic rings. The Morgan fingerprint density at radius 3 is 1.68 bits per heavy atom. The lowest BCUT2D eigenvalue weighted by molar-refractivity contribution is -0.0319. The van der Waals surface area contributed by atoms with Crippen LogP contribution in [0.3, 0.4) is 0 Å². The van der Waals surface area contributed by atoms with Crippen molar-refractivity contribution in [2.24, 2.45) is 0 Å². The van der Waals surface area contributed by atoms with Crippen molar-refractivity contribution < 1.29 is 14.3 Å². The van der Waals surface area contributed by atoms with Crippen LogP contribution < -0.4 is 4.74 Å². The third kappa shape index (κ3) is 6.85. The maximum absolute atomic E-state index is 14.4. The molecule has 0 N–H and O–H groups in total. The van der Waals surface area contributed by atoms with Crippen molar-refractivity contribution in [3.63, 3.8) is 0 Å². The summed E-state index contributed by atoms with van der Waals surface area (Å²) >= 11 is 0. The lowest BCUT2D eigenvalue weighted by atomic mass is 9.79. The Morgan fingerprint density at radius 1 is 0.702 bits per heavy atom. The van der Waals surface area contributed by atoms with Crippen LogP contribution in [0.25, 0.3) is 6.08 Å². The molecule has 5 heteroatoms. The summed E-state index contributed by atoms with van der Waals surface area (Å²) in [7, 11) is -1.81. The van der Waals surface area contributed by atoms with Crippen LogP contribution in [-0.4, -0.2) is 25.2 Å². The van der Waals surface area contributed by atoms with Crippen LogP contribution in [0.5, 0.6) is 5.75 Å². The second-order valence-electron chi connectivity index (χ2n) is 12.7. The van der Waals surface area contributed by atoms with Gasteiger partial charge in [-0.25, -0.2) is 4.79 Å². The minimum atomic E-state index is -1.81. The van der Waals surface area contributed by atoms with Crippen molar-refractivity contribution >= 4 is 20.2 Å². The van der Waals surface area contributed by atoms with Gasteiger partial charge in [-0.1, -0.05) is 159 Å². The van der Waals surface area contributed by atoms with Gasteiger partial charge in [-0.2, -0.15) is 0 Å². The molecule has 1 aliphatic rings. The van der Waals surface area contributed by atoms with E-state index >= 15 is 0 Å². The Hall–Kier alpha value is -5.15. The molecule has 47 heavy (non-hydrogen) atoms. The predicted octanol–water partition coefficient (Wildman–Crippen LogP) is 9.86. The molecule has 2 atom stereocenters. The molecule has 6 rings (SSSR count). The number of fused-ring (bicyclic) bond motifs is 1. The number of carbonyl (C=O) groups excluding carboxylic acids is 1. The molecule has 0 saturated carbocycles. The Kier molecular flexibility index (Phi) is 9.26. The predicted molar refractivity (Wildman–Crippen MR) is 192 cm³/mol. The number of hydrogen-bond acceptors (Lipinski definition) is 3. The van der Waals surface area contributed by atoms with E-state index in [1.54, 1.807) is 17.0 Å². The normalized spacial score (nSPS) is 15.0. The molecule has 0 aromatic heterocycles. The Bertz CT molecular complexity index is 1810. The highest BCUT2D eigenvalue weighted by Gasteiger charge is 2.43. The minimum Gasteiger partial charge on any atom is -0.410 e. The van der Waals surface area contributed by atoms with Gasteiger partial charge in [0, 0.05) is 0 Å². The van der Waals surface area contributed by atoms with Gasteiger partial charge in [0.15, 0.2) is 0 Å². The second kappa shape index (κ2) is 13.7. The molecule has 4 nitrogen and oxygen atoms in total. The van der Waals surface area contributed by atoms with E-state index in [2.05, 4.69) is 73.6 Å². The summed E-state index contributed by atoms with van der Waals surface area (Å²) in [6.45, 7) is 8.63. The molecule has 0 saturated heterocycles. The van der Waals surface area contributed by atoms with Crippen LogP contribution in [0.15, 0.2) is 151 Å². The Labute approximate surface area is 279 Å². The van der Waals surface area contributed by atoms with E-state index < -0.39 is 31.9 Å². The van der Waals surface area contributed by atoms with Gasteiger partial charge >= 0.3 is 6.09 Å². The maximum Gasteiger partial charge on any atom is 0.420 e. The number of hydrogen-bond donors (Lipinski definition) is 0. The van der Waals surface area contributed by atoms with Gasteiger partial charge in [0.05, 0.1) is 11.8 Å². The highest BCUT2D eigenvalue weighted by molar-refractivity contribution is 6.83. The molecular weight excluding hydrogens is 595 g/mol. The molecule has 1 amide bonds. The molecule has 0 radical (unpaired) electrons. The van der Waals surface area contributed by atoms with Crippen LogP contribution >= 0.6 is 0 Å². The van der Waals surface area contributed by atoms with Gasteiger partial charge in [0.25, 0.3) is 0 Å². The summed E-state index contributed by atoms with van der Waals surface area (Å²) in [5, 5.41) is 0. The third-order valence-corrected chi connectivity index (χ3v) is 9.06. The van der Waals surface area contributed by atoms with Crippen molar-refractivity contribution in [2.75, 3.05) is 0 Å². The zero-order valence-corrected chi connectivity index (χ0v) is 28.3. The third-order valence-electron chi connectivity index (χ3n) is 8.17. The van der Waals surface area contributed by atoms with Crippen LogP contribution in [-0.2, 0) is 10.3 Å². The molecule has 0 aliphatic carbocycles. The first kappa shape index (κ1) is 31.8. The van der Waals surface area contributed by atoms with E-state index in [-0.39, 0.29) is 0 Å². The van der Waals surface area contributed by atoms with Crippen LogP contribution in [0.4, 0.5) is 4.79 Å². The number of carbonyl (C=O) groups is 1. The lowest BCUT2D eigenvalue weighted by Crippen LogP contribution is -2.44. The van der Waals surface area contributed by atoms with Gasteiger partial charge < -0.3 is 9.47 Å². The maximum atomic E-state index is 14.4. The first-order valence-corrected chi connectivity index (χ1v) is 19.5. The highest BCUT2D eigenvalue weighted by atomic mass is 28.3. The fraction of sp³-hybridized carbons (Fsp3) is 0.167. The van der Waals surface area contributed by atoms with Crippen molar-refractivity contribution in [1.29, 1.82) is 0 Å². The average molecular weight is 634 g/mol. The zero-order valence-electron chi connectivity index (χ0n) is 27.3. The van der Waals surface area contributed by atoms with Crippen LogP contribution in [0.2, 0.25) is 19.6 Å². The average Bonchev–Trinajstić information content (AvgIpc) is 3.10. The number of ether oxygens (including phenoxy) is 2. The molecule has 0 fully saturated rings.